The highest BCUT2D eigenvalue weighted by atomic mass is 32.2. The largest absolute Gasteiger partial charge is 0.428 e. The van der Waals surface area contributed by atoms with E-state index in [0.717, 1.165) is 36.4 Å². The molecule has 218 valence electrons. The Morgan fingerprint density at radius 2 is 1.80 bits per heavy atom. The summed E-state index contributed by atoms with van der Waals surface area (Å²) in [5, 5.41) is 17.2. The van der Waals surface area contributed by atoms with Gasteiger partial charge in [0.2, 0.25) is 15.9 Å². The average molecular weight is 579 g/mol. The molecule has 0 unspecified atom stereocenters. The molecule has 2 atom stereocenters. The summed E-state index contributed by atoms with van der Waals surface area (Å²) in [6.07, 6.45) is 0.361. The van der Waals surface area contributed by atoms with Gasteiger partial charge < -0.3 is 20.2 Å². The van der Waals surface area contributed by atoms with Crippen molar-refractivity contribution in [3.63, 3.8) is 0 Å². The number of carbonyl (C=O) groups is 1. The predicted molar refractivity (Wildman–Crippen MR) is 148 cm³/mol. The number of aliphatic hydroxyl groups is 1. The zero-order valence-electron chi connectivity index (χ0n) is 23.2. The van der Waals surface area contributed by atoms with Crippen molar-refractivity contribution in [2.45, 2.75) is 64.6 Å². The molecule has 0 saturated carbocycles. The number of benzene rings is 2. The maximum atomic E-state index is 13.9. The molecular weight excluding hydrogens is 542 g/mol. The summed E-state index contributed by atoms with van der Waals surface area (Å²) in [6, 6.07) is 9.93. The van der Waals surface area contributed by atoms with Crippen molar-refractivity contribution in [1.29, 1.82) is 0 Å². The van der Waals surface area contributed by atoms with Crippen LogP contribution in [0.25, 0.3) is 0 Å². The van der Waals surface area contributed by atoms with Crippen molar-refractivity contribution in [2.75, 3.05) is 17.5 Å². The van der Waals surface area contributed by atoms with Gasteiger partial charge in [-0.2, -0.15) is 4.98 Å². The number of sulfonamides is 1. The molecule has 0 saturated heterocycles. The molecule has 2 aromatic carbocycles. The fourth-order valence-corrected chi connectivity index (χ4v) is 4.66. The highest BCUT2D eigenvalue weighted by Crippen LogP contribution is 2.22. The van der Waals surface area contributed by atoms with Gasteiger partial charge in [-0.25, -0.2) is 21.9 Å². The summed E-state index contributed by atoms with van der Waals surface area (Å²) in [6.45, 7) is 7.61. The number of amides is 1. The van der Waals surface area contributed by atoms with Gasteiger partial charge in [0.1, 0.15) is 17.4 Å². The van der Waals surface area contributed by atoms with Crippen LogP contribution in [0.5, 0.6) is 0 Å². The number of hydrogen-bond donors (Lipinski definition) is 4. The van der Waals surface area contributed by atoms with Crippen LogP contribution < -0.4 is 15.4 Å². The van der Waals surface area contributed by atoms with E-state index in [1.807, 2.05) is 32.0 Å². The average Bonchev–Trinajstić information content (AvgIpc) is 3.17. The van der Waals surface area contributed by atoms with Gasteiger partial charge in [0.15, 0.2) is 0 Å². The van der Waals surface area contributed by atoms with E-state index in [0.29, 0.717) is 0 Å². The summed E-state index contributed by atoms with van der Waals surface area (Å²) in [5.74, 6) is -1.84. The first-order valence-electron chi connectivity index (χ1n) is 12.9. The van der Waals surface area contributed by atoms with E-state index in [4.69, 9.17) is 4.42 Å². The third-order valence-electron chi connectivity index (χ3n) is 6.49. The minimum absolute atomic E-state index is 0.0479. The minimum Gasteiger partial charge on any atom is -0.428 e. The molecule has 9 nitrogen and oxygen atoms in total. The molecule has 40 heavy (non-hydrogen) atoms. The van der Waals surface area contributed by atoms with Gasteiger partial charge in [0.05, 0.1) is 30.5 Å². The number of halogens is 2. The second kappa shape index (κ2) is 12.9. The molecule has 3 aromatic rings. The lowest BCUT2D eigenvalue weighted by molar-refractivity contribution is -0.122. The Morgan fingerprint density at radius 1 is 1.12 bits per heavy atom. The topological polar surface area (TPSA) is 134 Å². The van der Waals surface area contributed by atoms with Crippen LogP contribution in [-0.4, -0.2) is 49.4 Å². The van der Waals surface area contributed by atoms with Gasteiger partial charge in [-0.1, -0.05) is 31.2 Å². The summed E-state index contributed by atoms with van der Waals surface area (Å²) < 4.78 is 58.1. The van der Waals surface area contributed by atoms with Crippen molar-refractivity contribution < 1.29 is 31.5 Å². The SMILES string of the molecule is CCc1cccc(C(C)(C)NC[C@@H](O)[C@H](Cc2cc(F)cc(F)c2)NC(=O)Cc2nc(NS(C)(=O)=O)oc2C)c1. The first-order chi connectivity index (χ1) is 18.6. The standard InChI is InChI=1S/C28H36F2N4O5S/c1-6-18-8-7-9-20(10-18)28(3,4)31-16-25(35)24(13-19-11-21(29)14-22(30)12-19)32-26(36)15-23-17(2)39-27(33-23)34-40(5,37)38/h7-12,14,24-25,31,35H,6,13,15-16H2,1-5H3,(H,32,36)(H,33,34)/t24-,25+/m0/s1. The van der Waals surface area contributed by atoms with Crippen LogP contribution in [0.2, 0.25) is 0 Å². The van der Waals surface area contributed by atoms with Gasteiger partial charge in [0.25, 0.3) is 0 Å². The first kappa shape index (κ1) is 31.2. The van der Waals surface area contributed by atoms with Crippen molar-refractivity contribution in [1.82, 2.24) is 15.6 Å². The van der Waals surface area contributed by atoms with Crippen molar-refractivity contribution in [2.24, 2.45) is 0 Å². The molecule has 0 bridgehead atoms. The normalized spacial score (nSPS) is 13.6. The van der Waals surface area contributed by atoms with Crippen LogP contribution in [0.3, 0.4) is 0 Å². The summed E-state index contributed by atoms with van der Waals surface area (Å²) in [4.78, 5) is 17.0. The van der Waals surface area contributed by atoms with E-state index in [1.54, 1.807) is 0 Å². The zero-order chi connectivity index (χ0) is 29.7. The Hall–Kier alpha value is -3.35. The molecule has 12 heteroatoms. The molecule has 0 aliphatic rings. The van der Waals surface area contributed by atoms with Crippen LogP contribution in [0, 0.1) is 18.6 Å². The number of rotatable bonds is 13. The smallest absolute Gasteiger partial charge is 0.309 e. The van der Waals surface area contributed by atoms with E-state index >= 15 is 0 Å². The third-order valence-corrected chi connectivity index (χ3v) is 7.04. The van der Waals surface area contributed by atoms with Gasteiger partial charge >= 0.3 is 6.01 Å². The first-order valence-corrected chi connectivity index (χ1v) is 14.7. The molecule has 0 radical (unpaired) electrons. The van der Waals surface area contributed by atoms with Crippen LogP contribution in [0.4, 0.5) is 14.8 Å². The van der Waals surface area contributed by atoms with E-state index in [1.165, 1.54) is 12.5 Å². The Morgan fingerprint density at radius 3 is 2.42 bits per heavy atom. The molecule has 0 fully saturated rings. The van der Waals surface area contributed by atoms with Gasteiger partial charge in [0, 0.05) is 18.2 Å². The van der Waals surface area contributed by atoms with E-state index in [9.17, 15) is 27.1 Å². The molecule has 0 aliphatic heterocycles. The maximum Gasteiger partial charge on any atom is 0.309 e. The van der Waals surface area contributed by atoms with Crippen LogP contribution >= 0.6 is 0 Å². The number of nitrogens with one attached hydrogen (secondary N) is 3. The Kier molecular flexibility index (Phi) is 10.0. The van der Waals surface area contributed by atoms with Crippen LogP contribution in [-0.2, 0) is 39.6 Å². The van der Waals surface area contributed by atoms with Gasteiger partial charge in [-0.3, -0.25) is 4.79 Å². The monoisotopic (exact) mass is 578 g/mol. The second-order valence-corrected chi connectivity index (χ2v) is 12.1. The lowest BCUT2D eigenvalue weighted by Crippen LogP contribution is -2.51. The fraction of sp³-hybridized carbons (Fsp3) is 0.429. The molecular formula is C28H36F2N4O5S. The van der Waals surface area contributed by atoms with Crippen molar-refractivity contribution in [3.05, 3.63) is 82.2 Å². The van der Waals surface area contributed by atoms with E-state index < -0.39 is 45.2 Å². The third kappa shape index (κ3) is 9.10. The molecule has 0 spiro atoms. The lowest BCUT2D eigenvalue weighted by Gasteiger charge is -2.31. The number of nitrogens with zero attached hydrogens (tertiary/aromatic N) is 1. The number of aliphatic hydroxyl groups excluding tert-OH is 1. The van der Waals surface area contributed by atoms with Crippen molar-refractivity contribution >= 4 is 21.9 Å². The number of aryl methyl sites for hydroxylation is 2. The van der Waals surface area contributed by atoms with Crippen LogP contribution in [0.1, 0.15) is 48.9 Å². The Balaban J connectivity index is 1.76. The molecule has 0 aliphatic carbocycles. The number of anilines is 1. The lowest BCUT2D eigenvalue weighted by atomic mass is 9.91. The van der Waals surface area contributed by atoms with E-state index in [2.05, 4.69) is 33.3 Å². The molecule has 4 N–H and O–H groups in total. The van der Waals surface area contributed by atoms with Crippen molar-refractivity contribution in [3.8, 4) is 0 Å². The summed E-state index contributed by atoms with van der Waals surface area (Å²) in [7, 11) is -3.63. The Labute approximate surface area is 233 Å². The minimum atomic E-state index is -3.63. The number of hydrogen-bond acceptors (Lipinski definition) is 7. The van der Waals surface area contributed by atoms with Crippen LogP contribution in [0.15, 0.2) is 46.9 Å². The van der Waals surface area contributed by atoms with Gasteiger partial charge in [-0.15, -0.1) is 0 Å². The highest BCUT2D eigenvalue weighted by Gasteiger charge is 2.27. The quantitative estimate of drug-likeness (QED) is 0.244. The Bertz CT molecular complexity index is 1420. The molecule has 1 heterocycles. The highest BCUT2D eigenvalue weighted by molar-refractivity contribution is 7.91. The number of oxazole rings is 1. The number of aromatic nitrogens is 1. The zero-order valence-corrected chi connectivity index (χ0v) is 24.0. The maximum absolute atomic E-state index is 13.9. The second-order valence-electron chi connectivity index (χ2n) is 10.4. The summed E-state index contributed by atoms with van der Waals surface area (Å²) >= 11 is 0. The molecule has 3 rings (SSSR count). The predicted octanol–water partition coefficient (Wildman–Crippen LogP) is 3.35. The molecule has 1 aromatic heterocycles. The fourth-order valence-electron chi connectivity index (χ4n) is 4.25. The summed E-state index contributed by atoms with van der Waals surface area (Å²) in [5.41, 5.74) is 2.13. The van der Waals surface area contributed by atoms with E-state index in [-0.39, 0.29) is 42.4 Å². The van der Waals surface area contributed by atoms with Gasteiger partial charge in [-0.05, 0) is 62.4 Å². The number of carbonyl (C=O) groups excluding carboxylic acids is 1. The molecule has 1 amide bonds.